The molecule has 1 saturated heterocycles. The van der Waals surface area contributed by atoms with Crippen molar-refractivity contribution in [3.05, 3.63) is 29.8 Å². The average molecular weight is 193 g/mol. The van der Waals surface area contributed by atoms with Gasteiger partial charge in [-0.3, -0.25) is 0 Å². The van der Waals surface area contributed by atoms with Gasteiger partial charge >= 0.3 is 0 Å². The molecular weight excluding hydrogens is 178 g/mol. The van der Waals surface area contributed by atoms with E-state index < -0.39 is 0 Å². The van der Waals surface area contributed by atoms with Gasteiger partial charge in [-0.25, -0.2) is 0 Å². The minimum atomic E-state index is -0.261. The molecule has 0 radical (unpaired) electrons. The van der Waals surface area contributed by atoms with Crippen molar-refractivity contribution in [1.82, 2.24) is 5.32 Å². The van der Waals surface area contributed by atoms with E-state index in [1.54, 1.807) is 7.11 Å². The van der Waals surface area contributed by atoms with E-state index in [1.165, 1.54) is 0 Å². The van der Waals surface area contributed by atoms with Gasteiger partial charge in [-0.05, 0) is 30.7 Å². The maximum absolute atomic E-state index is 9.68. The van der Waals surface area contributed by atoms with Crippen LogP contribution in [0.2, 0.25) is 0 Å². The average Bonchev–Trinajstić information content (AvgIpc) is 2.65. The molecule has 1 heterocycles. The van der Waals surface area contributed by atoms with E-state index in [2.05, 4.69) is 5.32 Å². The van der Waals surface area contributed by atoms with Crippen LogP contribution >= 0.6 is 0 Å². The van der Waals surface area contributed by atoms with Crippen molar-refractivity contribution >= 4 is 0 Å². The quantitative estimate of drug-likeness (QED) is 0.738. The zero-order valence-electron chi connectivity index (χ0n) is 8.23. The highest BCUT2D eigenvalue weighted by Gasteiger charge is 2.25. The van der Waals surface area contributed by atoms with Crippen LogP contribution in [0.15, 0.2) is 24.3 Å². The van der Waals surface area contributed by atoms with E-state index in [9.17, 15) is 5.11 Å². The summed E-state index contributed by atoms with van der Waals surface area (Å²) >= 11 is 0. The van der Waals surface area contributed by atoms with Gasteiger partial charge in [-0.2, -0.15) is 0 Å². The molecule has 1 aliphatic heterocycles. The highest BCUT2D eigenvalue weighted by Crippen LogP contribution is 2.25. The van der Waals surface area contributed by atoms with E-state index >= 15 is 0 Å². The first-order valence-corrected chi connectivity index (χ1v) is 4.86. The normalized spacial score (nSPS) is 26.4. The lowest BCUT2D eigenvalue weighted by molar-refractivity contribution is 0.160. The van der Waals surface area contributed by atoms with Gasteiger partial charge in [-0.1, -0.05) is 12.1 Å². The van der Waals surface area contributed by atoms with Gasteiger partial charge in [0.15, 0.2) is 0 Å². The van der Waals surface area contributed by atoms with Crippen molar-refractivity contribution in [3.63, 3.8) is 0 Å². The predicted octanol–water partition coefficient (Wildman–Crippen LogP) is 1.09. The molecule has 0 amide bonds. The molecule has 0 aromatic heterocycles. The van der Waals surface area contributed by atoms with Gasteiger partial charge in [-0.15, -0.1) is 0 Å². The van der Waals surface area contributed by atoms with Gasteiger partial charge in [0.25, 0.3) is 0 Å². The van der Waals surface area contributed by atoms with E-state index in [0.29, 0.717) is 0 Å². The number of aliphatic hydroxyl groups is 1. The molecule has 0 saturated carbocycles. The fraction of sp³-hybridized carbons (Fsp3) is 0.455. The summed E-state index contributed by atoms with van der Waals surface area (Å²) in [5.74, 6) is 0.848. The second-order valence-corrected chi connectivity index (χ2v) is 3.56. The van der Waals surface area contributed by atoms with Crippen molar-refractivity contribution in [1.29, 1.82) is 0 Å². The molecule has 0 unspecified atom stereocenters. The van der Waals surface area contributed by atoms with E-state index in [-0.39, 0.29) is 12.1 Å². The molecular formula is C11H15NO2. The Balaban J connectivity index is 2.16. The lowest BCUT2D eigenvalue weighted by atomic mass is 10.0. The van der Waals surface area contributed by atoms with E-state index in [1.807, 2.05) is 24.3 Å². The minimum Gasteiger partial charge on any atom is -0.497 e. The van der Waals surface area contributed by atoms with Crippen LogP contribution in [-0.4, -0.2) is 24.9 Å². The van der Waals surface area contributed by atoms with Crippen molar-refractivity contribution in [2.45, 2.75) is 18.6 Å². The smallest absolute Gasteiger partial charge is 0.118 e. The van der Waals surface area contributed by atoms with Crippen molar-refractivity contribution in [2.24, 2.45) is 0 Å². The second kappa shape index (κ2) is 3.98. The number of methoxy groups -OCH3 is 1. The number of nitrogens with one attached hydrogen (secondary N) is 1. The molecule has 76 valence electrons. The van der Waals surface area contributed by atoms with Crippen molar-refractivity contribution < 1.29 is 9.84 Å². The van der Waals surface area contributed by atoms with Crippen LogP contribution < -0.4 is 10.1 Å². The number of hydrogen-bond acceptors (Lipinski definition) is 3. The molecule has 2 N–H and O–H groups in total. The molecule has 1 fully saturated rings. The SMILES string of the molecule is COc1ccc([C@@H]2NCC[C@H]2O)cc1. The predicted molar refractivity (Wildman–Crippen MR) is 54.4 cm³/mol. The third-order valence-corrected chi connectivity index (χ3v) is 2.66. The Bertz CT molecular complexity index is 297. The highest BCUT2D eigenvalue weighted by atomic mass is 16.5. The second-order valence-electron chi connectivity index (χ2n) is 3.56. The Morgan fingerprint density at radius 1 is 1.36 bits per heavy atom. The van der Waals surface area contributed by atoms with Crippen molar-refractivity contribution in [3.8, 4) is 5.75 Å². The summed E-state index contributed by atoms with van der Waals surface area (Å²) in [5.41, 5.74) is 1.12. The number of rotatable bonds is 2. The van der Waals surface area contributed by atoms with Crippen molar-refractivity contribution in [2.75, 3.05) is 13.7 Å². The molecule has 0 bridgehead atoms. The largest absolute Gasteiger partial charge is 0.497 e. The summed E-state index contributed by atoms with van der Waals surface area (Å²) in [5, 5.41) is 12.9. The Labute approximate surface area is 83.7 Å². The molecule has 1 aromatic carbocycles. The monoisotopic (exact) mass is 193 g/mol. The van der Waals surface area contributed by atoms with E-state index in [0.717, 1.165) is 24.3 Å². The first kappa shape index (κ1) is 9.49. The third kappa shape index (κ3) is 1.74. The number of benzene rings is 1. The molecule has 1 aromatic rings. The molecule has 1 aliphatic rings. The first-order valence-electron chi connectivity index (χ1n) is 4.86. The minimum absolute atomic E-state index is 0.0842. The summed E-state index contributed by atoms with van der Waals surface area (Å²) in [6, 6.07) is 7.90. The Hall–Kier alpha value is -1.06. The number of hydrogen-bond donors (Lipinski definition) is 2. The molecule has 2 atom stereocenters. The van der Waals surface area contributed by atoms with Gasteiger partial charge < -0.3 is 15.2 Å². The molecule has 3 heteroatoms. The summed E-state index contributed by atoms with van der Waals surface area (Å²) in [6.07, 6.45) is 0.569. The Kier molecular flexibility index (Phi) is 2.70. The Morgan fingerprint density at radius 2 is 2.07 bits per heavy atom. The lowest BCUT2D eigenvalue weighted by Gasteiger charge is -2.15. The molecule has 0 aliphatic carbocycles. The fourth-order valence-corrected chi connectivity index (χ4v) is 1.84. The molecule has 14 heavy (non-hydrogen) atoms. The van der Waals surface area contributed by atoms with Gasteiger partial charge in [0.1, 0.15) is 5.75 Å². The summed E-state index contributed by atoms with van der Waals surface area (Å²) in [6.45, 7) is 0.887. The van der Waals surface area contributed by atoms with E-state index in [4.69, 9.17) is 4.74 Å². The summed E-state index contributed by atoms with van der Waals surface area (Å²) < 4.78 is 5.08. The van der Waals surface area contributed by atoms with Crippen LogP contribution in [-0.2, 0) is 0 Å². The highest BCUT2D eigenvalue weighted by molar-refractivity contribution is 5.30. The maximum atomic E-state index is 9.68. The zero-order chi connectivity index (χ0) is 9.97. The van der Waals surface area contributed by atoms with Crippen LogP contribution in [0.4, 0.5) is 0 Å². The summed E-state index contributed by atoms with van der Waals surface area (Å²) in [7, 11) is 1.65. The van der Waals surface area contributed by atoms with Crippen LogP contribution in [0, 0.1) is 0 Å². The molecule has 0 spiro atoms. The van der Waals surface area contributed by atoms with Crippen LogP contribution in [0.1, 0.15) is 18.0 Å². The number of aliphatic hydroxyl groups excluding tert-OH is 1. The standard InChI is InChI=1S/C11H15NO2/c1-14-9-4-2-8(3-5-9)11-10(13)6-7-12-11/h2-5,10-13H,6-7H2,1H3/t10-,11+/m1/s1. The van der Waals surface area contributed by atoms with Crippen LogP contribution in [0.25, 0.3) is 0 Å². The summed E-state index contributed by atoms with van der Waals surface area (Å²) in [4.78, 5) is 0. The van der Waals surface area contributed by atoms with Crippen LogP contribution in [0.3, 0.4) is 0 Å². The van der Waals surface area contributed by atoms with Gasteiger partial charge in [0, 0.05) is 0 Å². The topological polar surface area (TPSA) is 41.5 Å². The van der Waals surface area contributed by atoms with Gasteiger partial charge in [0.05, 0.1) is 19.3 Å². The molecule has 3 nitrogen and oxygen atoms in total. The third-order valence-electron chi connectivity index (χ3n) is 2.66. The molecule has 2 rings (SSSR count). The van der Waals surface area contributed by atoms with Gasteiger partial charge in [0.2, 0.25) is 0 Å². The zero-order valence-corrected chi connectivity index (χ0v) is 8.23. The maximum Gasteiger partial charge on any atom is 0.118 e. The van der Waals surface area contributed by atoms with Crippen LogP contribution in [0.5, 0.6) is 5.75 Å². The first-order chi connectivity index (χ1) is 6.81. The number of ether oxygens (including phenoxy) is 1. The fourth-order valence-electron chi connectivity index (χ4n) is 1.84. The Morgan fingerprint density at radius 3 is 2.57 bits per heavy atom. The lowest BCUT2D eigenvalue weighted by Crippen LogP contribution is -2.20.